The van der Waals surface area contributed by atoms with Gasteiger partial charge < -0.3 is 34.3 Å². The number of amides is 2. The minimum absolute atomic E-state index is 0.0145. The van der Waals surface area contributed by atoms with E-state index < -0.39 is 31.9 Å². The topological polar surface area (TPSA) is 222 Å². The van der Waals surface area contributed by atoms with Gasteiger partial charge in [-0.2, -0.15) is 0 Å². The molecule has 0 bridgehead atoms. The SMILES string of the molecule is COCCNC(=O)c1cncc(NS(=O)(=O)c2cc(OCCOc3ccc(OC)cc3S(=O)(=O)Nc3cncc(C(=O)Nc4ccccc4)c3)ccc2OC)c1. The van der Waals surface area contributed by atoms with E-state index in [2.05, 4.69) is 30.0 Å². The summed E-state index contributed by atoms with van der Waals surface area (Å²) in [5.41, 5.74) is 0.850. The Balaban J connectivity index is 1.25. The number of benzene rings is 3. The highest BCUT2D eigenvalue weighted by atomic mass is 32.2. The number of anilines is 3. The summed E-state index contributed by atoms with van der Waals surface area (Å²) in [5.74, 6) is -0.618. The minimum atomic E-state index is -4.32. The Bertz CT molecular complexity index is 2380. The van der Waals surface area contributed by atoms with Gasteiger partial charge in [0.2, 0.25) is 0 Å². The van der Waals surface area contributed by atoms with Crippen molar-refractivity contribution in [1.82, 2.24) is 15.3 Å². The molecule has 0 aliphatic rings. The van der Waals surface area contributed by atoms with Crippen molar-refractivity contribution in [1.29, 1.82) is 0 Å². The molecule has 2 heterocycles. The average molecular weight is 807 g/mol. The van der Waals surface area contributed by atoms with Gasteiger partial charge in [0.05, 0.1) is 55.7 Å². The second kappa shape index (κ2) is 18.7. The quantitative estimate of drug-likeness (QED) is 0.0862. The minimum Gasteiger partial charge on any atom is -0.497 e. The van der Waals surface area contributed by atoms with Gasteiger partial charge >= 0.3 is 0 Å². The summed E-state index contributed by atoms with van der Waals surface area (Å²) >= 11 is 0. The molecule has 0 spiro atoms. The summed E-state index contributed by atoms with van der Waals surface area (Å²) in [4.78, 5) is 32.7. The maximum Gasteiger partial charge on any atom is 0.265 e. The van der Waals surface area contributed by atoms with E-state index in [-0.39, 0.29) is 75.0 Å². The maximum atomic E-state index is 13.6. The molecule has 0 aliphatic carbocycles. The largest absolute Gasteiger partial charge is 0.497 e. The van der Waals surface area contributed by atoms with Gasteiger partial charge in [-0.15, -0.1) is 0 Å². The van der Waals surface area contributed by atoms with Crippen molar-refractivity contribution in [2.24, 2.45) is 0 Å². The number of methoxy groups -OCH3 is 3. The van der Waals surface area contributed by atoms with Crippen molar-refractivity contribution in [3.05, 3.63) is 115 Å². The zero-order chi connectivity index (χ0) is 40.1. The van der Waals surface area contributed by atoms with Crippen LogP contribution in [0.15, 0.2) is 113 Å². The number of aromatic nitrogens is 2. The molecule has 17 nitrogen and oxygen atoms in total. The molecule has 4 N–H and O–H groups in total. The third-order valence-electron chi connectivity index (χ3n) is 7.60. The Kier molecular flexibility index (Phi) is 13.6. The number of rotatable bonds is 19. The van der Waals surface area contributed by atoms with E-state index in [1.807, 2.05) is 0 Å². The maximum absolute atomic E-state index is 13.6. The smallest absolute Gasteiger partial charge is 0.265 e. The van der Waals surface area contributed by atoms with Gasteiger partial charge in [0.25, 0.3) is 31.9 Å². The van der Waals surface area contributed by atoms with Gasteiger partial charge in [-0.25, -0.2) is 16.8 Å². The number of nitrogens with one attached hydrogen (secondary N) is 4. The number of sulfonamides is 2. The van der Waals surface area contributed by atoms with Gasteiger partial charge in [-0.3, -0.25) is 29.0 Å². The van der Waals surface area contributed by atoms with Crippen LogP contribution in [0, 0.1) is 0 Å². The zero-order valence-electron chi connectivity index (χ0n) is 30.3. The molecule has 0 fully saturated rings. The lowest BCUT2D eigenvalue weighted by Gasteiger charge is -2.16. The molecule has 2 amide bonds. The fourth-order valence-electron chi connectivity index (χ4n) is 4.97. The van der Waals surface area contributed by atoms with Crippen molar-refractivity contribution < 1.29 is 50.1 Å². The summed E-state index contributed by atoms with van der Waals surface area (Å²) in [6.07, 6.45) is 5.10. The van der Waals surface area contributed by atoms with E-state index in [1.165, 1.54) is 94.6 Å². The van der Waals surface area contributed by atoms with Crippen molar-refractivity contribution in [3.8, 4) is 23.0 Å². The standard InChI is InChI=1S/C37H38N6O11S2/c1-50-14-13-40-36(44)25-17-28(23-38-21-25)42-55(46,47)34-20-31(10-11-32(34)52-3)53-15-16-54-33-12-9-30(51-2)19-35(33)56(48,49)43-29-18-26(22-39-24-29)37(45)41-27-7-5-4-6-8-27/h4-12,17-24,42-43H,13-16H2,1-3H3,(H,40,44)(H,41,45). The van der Waals surface area contributed by atoms with Gasteiger partial charge in [-0.1, -0.05) is 18.2 Å². The Morgan fingerprint density at radius 3 is 1.79 bits per heavy atom. The van der Waals surface area contributed by atoms with Crippen LogP contribution < -0.4 is 39.0 Å². The van der Waals surface area contributed by atoms with E-state index in [9.17, 15) is 26.4 Å². The van der Waals surface area contributed by atoms with Gasteiger partial charge in [0.15, 0.2) is 0 Å². The van der Waals surface area contributed by atoms with E-state index in [0.29, 0.717) is 12.3 Å². The third-order valence-corrected chi connectivity index (χ3v) is 10.4. The van der Waals surface area contributed by atoms with Crippen LogP contribution in [-0.4, -0.2) is 86.3 Å². The summed E-state index contributed by atoms with van der Waals surface area (Å²) in [6.45, 7) is 0.252. The first-order chi connectivity index (χ1) is 26.9. The normalized spacial score (nSPS) is 11.2. The van der Waals surface area contributed by atoms with Crippen molar-refractivity contribution >= 4 is 48.9 Å². The first kappa shape index (κ1) is 40.7. The van der Waals surface area contributed by atoms with Gasteiger partial charge in [0, 0.05) is 43.9 Å². The summed E-state index contributed by atoms with van der Waals surface area (Å²) in [7, 11) is -4.42. The fourth-order valence-corrected chi connectivity index (χ4v) is 7.38. The van der Waals surface area contributed by atoms with Crippen LogP contribution in [0.5, 0.6) is 23.0 Å². The first-order valence-corrected chi connectivity index (χ1v) is 19.6. The van der Waals surface area contributed by atoms with E-state index in [0.717, 1.165) is 0 Å². The van der Waals surface area contributed by atoms with Gasteiger partial charge in [-0.05, 0) is 48.5 Å². The van der Waals surface area contributed by atoms with Crippen LogP contribution in [0.2, 0.25) is 0 Å². The lowest BCUT2D eigenvalue weighted by atomic mass is 10.2. The number of nitrogens with zero attached hydrogens (tertiary/aromatic N) is 2. The van der Waals surface area contributed by atoms with E-state index >= 15 is 0 Å². The third kappa shape index (κ3) is 10.8. The highest BCUT2D eigenvalue weighted by Crippen LogP contribution is 2.32. The molecule has 0 saturated heterocycles. The van der Waals surface area contributed by atoms with Crippen LogP contribution in [-0.2, 0) is 24.8 Å². The Hall–Kier alpha value is -6.44. The molecule has 0 unspecified atom stereocenters. The summed E-state index contributed by atoms with van der Waals surface area (Å²) in [6, 6.07) is 19.7. The molecule has 294 valence electrons. The number of carbonyl (C=O) groups excluding carboxylic acids is 2. The molecule has 0 radical (unpaired) electrons. The number of para-hydroxylation sites is 1. The second-order valence-corrected chi connectivity index (χ2v) is 14.8. The second-order valence-electron chi connectivity index (χ2n) is 11.5. The predicted octanol–water partition coefficient (Wildman–Crippen LogP) is 4.18. The number of hydrogen-bond donors (Lipinski definition) is 4. The Morgan fingerprint density at radius 1 is 0.589 bits per heavy atom. The van der Waals surface area contributed by atoms with Crippen molar-refractivity contribution in [2.75, 3.05) is 62.5 Å². The molecule has 5 rings (SSSR count). The molecule has 19 heteroatoms. The van der Waals surface area contributed by atoms with Crippen molar-refractivity contribution in [3.63, 3.8) is 0 Å². The van der Waals surface area contributed by atoms with E-state index in [1.54, 1.807) is 30.3 Å². The van der Waals surface area contributed by atoms with Crippen LogP contribution in [0.4, 0.5) is 17.1 Å². The van der Waals surface area contributed by atoms with Crippen LogP contribution in [0.25, 0.3) is 0 Å². The highest BCUT2D eigenvalue weighted by Gasteiger charge is 2.24. The molecule has 0 atom stereocenters. The van der Waals surface area contributed by atoms with Crippen LogP contribution in [0.3, 0.4) is 0 Å². The molecule has 0 saturated carbocycles. The fraction of sp³-hybridized carbons (Fsp3) is 0.189. The summed E-state index contributed by atoms with van der Waals surface area (Å²) < 4.78 is 86.1. The van der Waals surface area contributed by atoms with Crippen LogP contribution in [0.1, 0.15) is 20.7 Å². The lowest BCUT2D eigenvalue weighted by molar-refractivity contribution is 0.0936. The molecule has 0 aliphatic heterocycles. The molecular weight excluding hydrogens is 769 g/mol. The monoisotopic (exact) mass is 806 g/mol. The first-order valence-electron chi connectivity index (χ1n) is 16.6. The number of carbonyl (C=O) groups is 2. The van der Waals surface area contributed by atoms with Crippen LogP contribution >= 0.6 is 0 Å². The molecule has 56 heavy (non-hydrogen) atoms. The molecule has 2 aromatic heterocycles. The predicted molar refractivity (Wildman–Crippen MR) is 206 cm³/mol. The number of hydrogen-bond acceptors (Lipinski definition) is 13. The van der Waals surface area contributed by atoms with Gasteiger partial charge in [0.1, 0.15) is 46.0 Å². The number of ether oxygens (including phenoxy) is 5. The van der Waals surface area contributed by atoms with Crippen molar-refractivity contribution in [2.45, 2.75) is 9.79 Å². The molecule has 3 aromatic carbocycles. The molecular formula is C37H38N6O11S2. The van der Waals surface area contributed by atoms with E-state index in [4.69, 9.17) is 23.7 Å². The zero-order valence-corrected chi connectivity index (χ0v) is 32.0. The Labute approximate surface area is 323 Å². The average Bonchev–Trinajstić information content (AvgIpc) is 3.19. The summed E-state index contributed by atoms with van der Waals surface area (Å²) in [5, 5.41) is 5.36. The lowest BCUT2D eigenvalue weighted by Crippen LogP contribution is -2.27. The molecule has 5 aromatic rings. The Morgan fingerprint density at radius 2 is 1.16 bits per heavy atom. The highest BCUT2D eigenvalue weighted by molar-refractivity contribution is 7.93. The number of pyridine rings is 2.